The first kappa shape index (κ1) is 17.7. The molecular weight excluding hydrogens is 343 g/mol. The molecule has 26 heavy (non-hydrogen) atoms. The lowest BCUT2D eigenvalue weighted by molar-refractivity contribution is -0.136. The molecule has 5 nitrogen and oxygen atoms in total. The second kappa shape index (κ2) is 6.99. The number of aryl methyl sites for hydroxylation is 1. The van der Waals surface area contributed by atoms with Crippen molar-refractivity contribution < 1.29 is 13.2 Å². The lowest BCUT2D eigenvalue weighted by Gasteiger charge is -2.14. The minimum atomic E-state index is -4.47. The third-order valence-electron chi connectivity index (χ3n) is 3.91. The van der Waals surface area contributed by atoms with Crippen molar-refractivity contribution in [3.05, 3.63) is 65.4 Å². The van der Waals surface area contributed by atoms with Crippen molar-refractivity contribution in [2.24, 2.45) is 0 Å². The highest BCUT2D eigenvalue weighted by molar-refractivity contribution is 5.63. The normalized spacial score (nSPS) is 11.3. The smallest absolute Gasteiger partial charge is 0.338 e. The van der Waals surface area contributed by atoms with E-state index < -0.39 is 11.7 Å². The van der Waals surface area contributed by atoms with Crippen molar-refractivity contribution in [1.82, 2.24) is 15.2 Å². The lowest BCUT2D eigenvalue weighted by Crippen LogP contribution is -2.10. The van der Waals surface area contributed by atoms with Crippen LogP contribution in [0.1, 0.15) is 16.7 Å². The molecule has 0 unspecified atom stereocenters. The number of halogens is 3. The molecule has 0 amide bonds. The Morgan fingerprint density at radius 3 is 2.38 bits per heavy atom. The minimum absolute atomic E-state index is 0.0989. The van der Waals surface area contributed by atoms with Crippen molar-refractivity contribution in [1.29, 1.82) is 0 Å². The van der Waals surface area contributed by atoms with Crippen molar-refractivity contribution in [2.75, 3.05) is 10.6 Å². The van der Waals surface area contributed by atoms with E-state index in [0.717, 1.165) is 22.9 Å². The first-order valence-electron chi connectivity index (χ1n) is 7.81. The molecule has 3 aromatic rings. The highest BCUT2D eigenvalue weighted by atomic mass is 19.4. The number of aromatic nitrogens is 3. The number of nitrogens with one attached hydrogen (secondary N) is 2. The number of hydrogen-bond acceptors (Lipinski definition) is 5. The molecule has 0 aliphatic carbocycles. The Morgan fingerprint density at radius 2 is 1.62 bits per heavy atom. The standard InChI is InChI=1S/C18H16F3N5/c1-11-6-5-9-14(12(11)2)24-17-25-16(10-22-26-17)23-15-8-4-3-7-13(15)18(19,20)21/h3-10H,1-2H3,(H2,23,24,25,26). The van der Waals surface area contributed by atoms with Crippen LogP contribution >= 0.6 is 0 Å². The largest absolute Gasteiger partial charge is 0.418 e. The van der Waals surface area contributed by atoms with E-state index in [1.54, 1.807) is 0 Å². The summed E-state index contributed by atoms with van der Waals surface area (Å²) < 4.78 is 39.3. The van der Waals surface area contributed by atoms with Crippen LogP contribution in [0.5, 0.6) is 0 Å². The Kier molecular flexibility index (Phi) is 4.75. The Bertz CT molecular complexity index is 925. The maximum absolute atomic E-state index is 13.1. The van der Waals surface area contributed by atoms with E-state index in [0.29, 0.717) is 0 Å². The second-order valence-corrected chi connectivity index (χ2v) is 5.71. The number of hydrogen-bond donors (Lipinski definition) is 2. The number of nitrogens with zero attached hydrogens (tertiary/aromatic N) is 3. The molecule has 2 N–H and O–H groups in total. The Labute approximate surface area is 148 Å². The molecule has 3 rings (SSSR count). The first-order chi connectivity index (χ1) is 12.3. The van der Waals surface area contributed by atoms with E-state index in [1.165, 1.54) is 24.4 Å². The monoisotopic (exact) mass is 359 g/mol. The number of para-hydroxylation sites is 1. The van der Waals surface area contributed by atoms with E-state index in [-0.39, 0.29) is 17.5 Å². The predicted octanol–water partition coefficient (Wildman–Crippen LogP) is 4.99. The van der Waals surface area contributed by atoms with Gasteiger partial charge >= 0.3 is 6.18 Å². The van der Waals surface area contributed by atoms with E-state index in [9.17, 15) is 13.2 Å². The van der Waals surface area contributed by atoms with Gasteiger partial charge in [-0.15, -0.1) is 5.10 Å². The third-order valence-corrected chi connectivity index (χ3v) is 3.91. The molecule has 134 valence electrons. The molecule has 0 aliphatic rings. The minimum Gasteiger partial charge on any atom is -0.338 e. The topological polar surface area (TPSA) is 62.7 Å². The summed E-state index contributed by atoms with van der Waals surface area (Å²) in [6, 6.07) is 10.9. The van der Waals surface area contributed by atoms with Gasteiger partial charge in [0.1, 0.15) is 0 Å². The van der Waals surface area contributed by atoms with E-state index >= 15 is 0 Å². The van der Waals surface area contributed by atoms with Crippen LogP contribution in [0.25, 0.3) is 0 Å². The van der Waals surface area contributed by atoms with Crippen LogP contribution in [0.3, 0.4) is 0 Å². The van der Waals surface area contributed by atoms with Gasteiger partial charge in [0.15, 0.2) is 5.82 Å². The summed E-state index contributed by atoms with van der Waals surface area (Å²) in [5, 5.41) is 13.4. The first-order valence-corrected chi connectivity index (χ1v) is 7.81. The van der Waals surface area contributed by atoms with Crippen LogP contribution in [-0.2, 0) is 6.18 Å². The van der Waals surface area contributed by atoms with E-state index in [1.807, 2.05) is 32.0 Å². The average Bonchev–Trinajstić information content (AvgIpc) is 2.59. The van der Waals surface area contributed by atoms with Gasteiger partial charge in [0, 0.05) is 5.69 Å². The molecule has 0 aliphatic heterocycles. The zero-order valence-corrected chi connectivity index (χ0v) is 14.1. The maximum Gasteiger partial charge on any atom is 0.418 e. The van der Waals surface area contributed by atoms with Crippen LogP contribution in [0, 0.1) is 13.8 Å². The van der Waals surface area contributed by atoms with Gasteiger partial charge in [0.2, 0.25) is 5.95 Å². The zero-order valence-electron chi connectivity index (χ0n) is 14.1. The number of benzene rings is 2. The highest BCUT2D eigenvalue weighted by Gasteiger charge is 2.33. The van der Waals surface area contributed by atoms with Crippen molar-refractivity contribution in [3.63, 3.8) is 0 Å². The van der Waals surface area contributed by atoms with Gasteiger partial charge in [-0.2, -0.15) is 23.3 Å². The average molecular weight is 359 g/mol. The summed E-state index contributed by atoms with van der Waals surface area (Å²) in [7, 11) is 0. The van der Waals surface area contributed by atoms with Crippen LogP contribution in [0.4, 0.5) is 36.3 Å². The summed E-state index contributed by atoms with van der Waals surface area (Å²) >= 11 is 0. The second-order valence-electron chi connectivity index (χ2n) is 5.71. The molecule has 0 atom stereocenters. The quantitative estimate of drug-likeness (QED) is 0.687. The van der Waals surface area contributed by atoms with Gasteiger partial charge in [-0.25, -0.2) is 0 Å². The molecule has 2 aromatic carbocycles. The number of alkyl halides is 3. The van der Waals surface area contributed by atoms with E-state index in [4.69, 9.17) is 0 Å². The summed E-state index contributed by atoms with van der Waals surface area (Å²) in [6.45, 7) is 3.93. The predicted molar refractivity (Wildman–Crippen MR) is 93.8 cm³/mol. The van der Waals surface area contributed by atoms with Crippen LogP contribution < -0.4 is 10.6 Å². The van der Waals surface area contributed by atoms with Gasteiger partial charge in [0.25, 0.3) is 0 Å². The molecule has 0 bridgehead atoms. The van der Waals surface area contributed by atoms with Gasteiger partial charge < -0.3 is 10.6 Å². The third kappa shape index (κ3) is 3.90. The molecule has 1 aromatic heterocycles. The molecule has 0 spiro atoms. The van der Waals surface area contributed by atoms with E-state index in [2.05, 4.69) is 25.8 Å². The number of anilines is 4. The van der Waals surface area contributed by atoms with Crippen LogP contribution in [0.15, 0.2) is 48.7 Å². The zero-order chi connectivity index (χ0) is 18.7. The summed E-state index contributed by atoms with van der Waals surface area (Å²) in [6.07, 6.45) is -3.20. The fraction of sp³-hybridized carbons (Fsp3) is 0.167. The molecule has 0 saturated carbocycles. The van der Waals surface area contributed by atoms with Gasteiger partial charge in [-0.05, 0) is 43.2 Å². The SMILES string of the molecule is Cc1cccc(Nc2nncc(Nc3ccccc3C(F)(F)F)n2)c1C. The van der Waals surface area contributed by atoms with Gasteiger partial charge in [-0.3, -0.25) is 0 Å². The van der Waals surface area contributed by atoms with Crippen LogP contribution in [-0.4, -0.2) is 15.2 Å². The lowest BCUT2D eigenvalue weighted by atomic mass is 10.1. The molecule has 0 saturated heterocycles. The summed E-state index contributed by atoms with van der Waals surface area (Å²) in [5.74, 6) is 0.345. The molecule has 0 radical (unpaired) electrons. The summed E-state index contributed by atoms with van der Waals surface area (Å²) in [4.78, 5) is 4.19. The Balaban J connectivity index is 1.86. The molecule has 8 heteroatoms. The fourth-order valence-electron chi connectivity index (χ4n) is 2.40. The molecule has 1 heterocycles. The van der Waals surface area contributed by atoms with Gasteiger partial charge in [-0.1, -0.05) is 24.3 Å². The molecule has 0 fully saturated rings. The highest BCUT2D eigenvalue weighted by Crippen LogP contribution is 2.35. The Hall–Kier alpha value is -3.16. The van der Waals surface area contributed by atoms with Crippen molar-refractivity contribution in [2.45, 2.75) is 20.0 Å². The van der Waals surface area contributed by atoms with Gasteiger partial charge in [0.05, 0.1) is 17.4 Å². The number of rotatable bonds is 4. The summed E-state index contributed by atoms with van der Waals surface area (Å²) in [5.41, 5.74) is 2.05. The van der Waals surface area contributed by atoms with Crippen LogP contribution in [0.2, 0.25) is 0 Å². The molecular formula is C18H16F3N5. The maximum atomic E-state index is 13.1. The van der Waals surface area contributed by atoms with Crippen molar-refractivity contribution >= 4 is 23.1 Å². The Morgan fingerprint density at radius 1 is 0.885 bits per heavy atom. The fourth-order valence-corrected chi connectivity index (χ4v) is 2.40. The van der Waals surface area contributed by atoms with Crippen molar-refractivity contribution in [3.8, 4) is 0 Å².